The second-order valence-corrected chi connectivity index (χ2v) is 4.30. The number of thiocarbonyl (C=S) groups is 1. The maximum atomic E-state index is 9.64. The number of rotatable bonds is 0. The predicted octanol–water partition coefficient (Wildman–Crippen LogP) is 0.729. The fourth-order valence-corrected chi connectivity index (χ4v) is 3.31. The van der Waals surface area contributed by atoms with E-state index in [0.717, 1.165) is 17.9 Å². The molecular formula is C8H10O2S. The average molecular weight is 170 g/mol. The monoisotopic (exact) mass is 170 g/mol. The van der Waals surface area contributed by atoms with Crippen molar-refractivity contribution in [3.8, 4) is 0 Å². The topological polar surface area (TPSA) is 29.5 Å². The van der Waals surface area contributed by atoms with Crippen molar-refractivity contribution in [2.45, 2.75) is 25.0 Å². The molecule has 0 radical (unpaired) electrons. The second-order valence-electron chi connectivity index (χ2n) is 3.89. The van der Waals surface area contributed by atoms with Gasteiger partial charge in [-0.25, -0.2) is 0 Å². The van der Waals surface area contributed by atoms with E-state index in [9.17, 15) is 5.11 Å². The molecule has 11 heavy (non-hydrogen) atoms. The summed E-state index contributed by atoms with van der Waals surface area (Å²) >= 11 is 5.08. The van der Waals surface area contributed by atoms with Crippen LogP contribution in [0, 0.1) is 17.8 Å². The zero-order valence-corrected chi connectivity index (χ0v) is 6.88. The van der Waals surface area contributed by atoms with Gasteiger partial charge < -0.3 is 9.84 Å². The van der Waals surface area contributed by atoms with Gasteiger partial charge in [0.1, 0.15) is 6.10 Å². The van der Waals surface area contributed by atoms with Gasteiger partial charge in [-0.3, -0.25) is 0 Å². The lowest BCUT2D eigenvalue weighted by molar-refractivity contribution is 0.0177. The lowest BCUT2D eigenvalue weighted by atomic mass is 9.88. The summed E-state index contributed by atoms with van der Waals surface area (Å²) in [6, 6.07) is 0. The number of aliphatic hydroxyl groups is 1. The van der Waals surface area contributed by atoms with Crippen molar-refractivity contribution in [3.63, 3.8) is 0 Å². The van der Waals surface area contributed by atoms with Gasteiger partial charge in [0.15, 0.2) is 5.05 Å². The number of hydrogen-bond acceptors (Lipinski definition) is 3. The number of ether oxygens (including phenoxy) is 1. The van der Waals surface area contributed by atoms with Crippen LogP contribution in [0.5, 0.6) is 0 Å². The molecule has 3 rings (SSSR count). The third-order valence-electron chi connectivity index (χ3n) is 3.44. The smallest absolute Gasteiger partial charge is 0.163 e. The van der Waals surface area contributed by atoms with E-state index in [1.54, 1.807) is 0 Å². The highest BCUT2D eigenvalue weighted by Crippen LogP contribution is 2.54. The third kappa shape index (κ3) is 0.598. The molecule has 5 atom stereocenters. The first kappa shape index (κ1) is 6.38. The van der Waals surface area contributed by atoms with Crippen molar-refractivity contribution < 1.29 is 9.84 Å². The first-order valence-corrected chi connectivity index (χ1v) is 4.57. The van der Waals surface area contributed by atoms with Crippen molar-refractivity contribution >= 4 is 17.3 Å². The van der Waals surface area contributed by atoms with Crippen LogP contribution in [0.2, 0.25) is 0 Å². The number of aliphatic hydroxyl groups excluding tert-OH is 1. The maximum absolute atomic E-state index is 9.64. The molecule has 2 nitrogen and oxygen atoms in total. The molecule has 0 aromatic carbocycles. The van der Waals surface area contributed by atoms with Crippen molar-refractivity contribution in [1.82, 2.24) is 0 Å². The van der Waals surface area contributed by atoms with Crippen LogP contribution >= 0.6 is 12.2 Å². The molecule has 60 valence electrons. The first-order valence-electron chi connectivity index (χ1n) is 4.16. The van der Waals surface area contributed by atoms with E-state index >= 15 is 0 Å². The highest BCUT2D eigenvalue weighted by molar-refractivity contribution is 7.80. The van der Waals surface area contributed by atoms with Crippen molar-refractivity contribution in [2.24, 2.45) is 17.8 Å². The molecule has 0 spiro atoms. The molecule has 0 aromatic heterocycles. The van der Waals surface area contributed by atoms with Crippen LogP contribution in [-0.4, -0.2) is 22.4 Å². The summed E-state index contributed by atoms with van der Waals surface area (Å²) in [5.74, 6) is 1.54. The molecule has 2 saturated carbocycles. The molecule has 1 heterocycles. The molecule has 2 bridgehead atoms. The lowest BCUT2D eigenvalue weighted by Crippen LogP contribution is -2.31. The summed E-state index contributed by atoms with van der Waals surface area (Å²) in [4.78, 5) is 0. The van der Waals surface area contributed by atoms with Crippen LogP contribution in [0.25, 0.3) is 0 Å². The fourth-order valence-electron chi connectivity index (χ4n) is 2.92. The van der Waals surface area contributed by atoms with E-state index in [1.807, 2.05) is 0 Å². The quantitative estimate of drug-likeness (QED) is 0.543. The largest absolute Gasteiger partial charge is 0.481 e. The van der Waals surface area contributed by atoms with Crippen LogP contribution in [0.3, 0.4) is 0 Å². The Bertz CT molecular complexity index is 228. The fraction of sp³-hybridized carbons (Fsp3) is 0.875. The molecule has 5 unspecified atom stereocenters. The second kappa shape index (κ2) is 1.77. The minimum atomic E-state index is -0.225. The van der Waals surface area contributed by atoms with Crippen LogP contribution in [-0.2, 0) is 4.74 Å². The minimum absolute atomic E-state index is 0.0613. The van der Waals surface area contributed by atoms with E-state index in [2.05, 4.69) is 0 Å². The highest BCUT2D eigenvalue weighted by atomic mass is 32.1. The molecule has 0 aromatic rings. The van der Waals surface area contributed by atoms with Crippen LogP contribution < -0.4 is 0 Å². The van der Waals surface area contributed by atoms with E-state index in [1.165, 1.54) is 0 Å². The van der Waals surface area contributed by atoms with Gasteiger partial charge in [0.2, 0.25) is 0 Å². The van der Waals surface area contributed by atoms with Crippen molar-refractivity contribution in [3.05, 3.63) is 0 Å². The van der Waals surface area contributed by atoms with Crippen LogP contribution in [0.1, 0.15) is 12.8 Å². The Hall–Kier alpha value is -0.150. The zero-order valence-electron chi connectivity index (χ0n) is 6.06. The molecule has 3 aliphatic rings. The molecule has 1 saturated heterocycles. The Labute approximate surface area is 70.5 Å². The van der Waals surface area contributed by atoms with Gasteiger partial charge in [-0.1, -0.05) is 0 Å². The van der Waals surface area contributed by atoms with Crippen molar-refractivity contribution in [1.29, 1.82) is 0 Å². The van der Waals surface area contributed by atoms with Gasteiger partial charge in [0.25, 0.3) is 0 Å². The predicted molar refractivity (Wildman–Crippen MR) is 43.2 cm³/mol. The Morgan fingerprint density at radius 1 is 1.45 bits per heavy atom. The molecule has 1 aliphatic heterocycles. The van der Waals surface area contributed by atoms with Gasteiger partial charge in [-0.2, -0.15) is 0 Å². The summed E-state index contributed by atoms with van der Waals surface area (Å²) in [7, 11) is 0. The maximum Gasteiger partial charge on any atom is 0.163 e. The summed E-state index contributed by atoms with van der Waals surface area (Å²) in [5.41, 5.74) is 0. The standard InChI is InChI=1S/C8H10O2S/c9-6-3-1-4-5(2-3)8(11)10-7(4)6/h3-7,9H,1-2H2. The third-order valence-corrected chi connectivity index (χ3v) is 3.84. The Kier molecular flexibility index (Phi) is 1.03. The normalized spacial score (nSPS) is 58.6. The number of hydrogen-bond donors (Lipinski definition) is 1. The van der Waals surface area contributed by atoms with E-state index in [4.69, 9.17) is 17.0 Å². The summed E-state index contributed by atoms with van der Waals surface area (Å²) < 4.78 is 5.43. The van der Waals surface area contributed by atoms with Gasteiger partial charge in [0.05, 0.1) is 6.10 Å². The van der Waals surface area contributed by atoms with Gasteiger partial charge in [-0.15, -0.1) is 0 Å². The van der Waals surface area contributed by atoms with Crippen LogP contribution in [0.4, 0.5) is 0 Å². The van der Waals surface area contributed by atoms with E-state index in [0.29, 0.717) is 17.8 Å². The first-order chi connectivity index (χ1) is 5.27. The summed E-state index contributed by atoms with van der Waals surface area (Å²) in [6.07, 6.45) is 2.04. The molecular weight excluding hydrogens is 160 g/mol. The molecule has 0 amide bonds. The minimum Gasteiger partial charge on any atom is -0.481 e. The van der Waals surface area contributed by atoms with Crippen LogP contribution in [0.15, 0.2) is 0 Å². The molecule has 3 heteroatoms. The van der Waals surface area contributed by atoms with Crippen molar-refractivity contribution in [2.75, 3.05) is 0 Å². The Morgan fingerprint density at radius 2 is 2.27 bits per heavy atom. The Morgan fingerprint density at radius 3 is 2.91 bits per heavy atom. The average Bonchev–Trinajstić information content (AvgIpc) is 2.53. The lowest BCUT2D eigenvalue weighted by Gasteiger charge is -2.19. The van der Waals surface area contributed by atoms with E-state index in [-0.39, 0.29) is 12.2 Å². The zero-order chi connectivity index (χ0) is 7.59. The molecule has 2 aliphatic carbocycles. The summed E-state index contributed by atoms with van der Waals surface area (Å²) in [5, 5.41) is 10.4. The summed E-state index contributed by atoms with van der Waals surface area (Å²) in [6.45, 7) is 0. The van der Waals surface area contributed by atoms with E-state index < -0.39 is 0 Å². The molecule has 1 N–H and O–H groups in total. The molecule has 3 fully saturated rings. The van der Waals surface area contributed by atoms with Gasteiger partial charge >= 0.3 is 0 Å². The number of fused-ring (bicyclic) bond motifs is 1. The Balaban J connectivity index is 2.04. The highest BCUT2D eigenvalue weighted by Gasteiger charge is 2.59. The van der Waals surface area contributed by atoms with Gasteiger partial charge in [-0.05, 0) is 31.0 Å². The van der Waals surface area contributed by atoms with Gasteiger partial charge in [0, 0.05) is 11.8 Å². The SMILES string of the molecule is OC1C2CC3C(=S)OC1C3C2.